The lowest BCUT2D eigenvalue weighted by Gasteiger charge is -2.37. The summed E-state index contributed by atoms with van der Waals surface area (Å²) in [6.07, 6.45) is 0. The average molecular weight is 464 g/mol. The number of carboxylic acids is 1. The van der Waals surface area contributed by atoms with Gasteiger partial charge in [0.1, 0.15) is 0 Å². The molecule has 0 fully saturated rings. The first-order chi connectivity index (χ1) is 11.5. The van der Waals surface area contributed by atoms with E-state index in [9.17, 15) is 9.36 Å². The van der Waals surface area contributed by atoms with E-state index in [1.807, 2.05) is 0 Å². The van der Waals surface area contributed by atoms with Gasteiger partial charge >= 0.3 is 13.6 Å². The third kappa shape index (κ3) is 9.70. The molecule has 0 atom stereocenters. The van der Waals surface area contributed by atoms with E-state index in [0.717, 1.165) is 0 Å². The summed E-state index contributed by atoms with van der Waals surface area (Å²) in [7, 11) is -3.40. The highest BCUT2D eigenvalue weighted by atomic mass is 35.5. The summed E-state index contributed by atoms with van der Waals surface area (Å²) in [6, 6.07) is 0. The molecule has 0 aromatic heterocycles. The molecule has 1 N–H and O–H groups in total. The van der Waals surface area contributed by atoms with E-state index in [4.69, 9.17) is 56.0 Å². The number of hydrogen-bond acceptors (Lipinski definition) is 4. The second-order valence-corrected chi connectivity index (χ2v) is 9.42. The lowest BCUT2D eigenvalue weighted by Crippen LogP contribution is -2.37. The maximum absolute atomic E-state index is 13.5. The van der Waals surface area contributed by atoms with Crippen LogP contribution >= 0.6 is 65.8 Å². The number of hydrogen-bond donors (Lipinski definition) is 1. The molecule has 0 rings (SSSR count). The van der Waals surface area contributed by atoms with Gasteiger partial charge in [0.2, 0.25) is 0 Å². The Balaban J connectivity index is 5.07. The van der Waals surface area contributed by atoms with Crippen molar-refractivity contribution in [3.8, 4) is 0 Å². The number of alkyl halides is 4. The first-order valence-corrected chi connectivity index (χ1v) is 12.1. The molecule has 12 heteroatoms. The molecule has 0 spiro atoms. The van der Waals surface area contributed by atoms with Crippen LogP contribution in [0.5, 0.6) is 0 Å². The second-order valence-electron chi connectivity index (χ2n) is 4.43. The van der Waals surface area contributed by atoms with Crippen molar-refractivity contribution in [2.24, 2.45) is 0 Å². The van der Waals surface area contributed by atoms with Crippen LogP contribution in [0, 0.1) is 0 Å². The van der Waals surface area contributed by atoms with Gasteiger partial charge in [0, 0.05) is 55.5 Å². The summed E-state index contributed by atoms with van der Waals surface area (Å²) >= 11 is 24.4. The van der Waals surface area contributed by atoms with Crippen LogP contribution in [0.2, 0.25) is 0 Å². The number of halogens is 4. The zero-order valence-corrected chi connectivity index (χ0v) is 17.9. The van der Waals surface area contributed by atoms with Crippen molar-refractivity contribution in [2.45, 2.75) is 0 Å². The SMILES string of the molecule is O=C(O)CSCCOP(=O)(N(CCCl)CCCl)N(CCCl)CCCl. The quantitative estimate of drug-likeness (QED) is 0.213. The van der Waals surface area contributed by atoms with E-state index in [2.05, 4.69) is 0 Å². The Bertz CT molecular complexity index is 366. The minimum Gasteiger partial charge on any atom is -0.481 e. The van der Waals surface area contributed by atoms with Gasteiger partial charge in [-0.25, -0.2) is 9.34 Å². The zero-order valence-electron chi connectivity index (χ0n) is 13.2. The number of thioether (sulfide) groups is 1. The topological polar surface area (TPSA) is 70.1 Å². The Hall–Kier alpha value is 1.09. The Labute approximate surface area is 167 Å². The normalized spacial score (nSPS) is 12.2. The van der Waals surface area contributed by atoms with Gasteiger partial charge in [0.15, 0.2) is 0 Å². The maximum atomic E-state index is 13.5. The third-order valence-electron chi connectivity index (χ3n) is 2.80. The number of rotatable bonds is 16. The largest absolute Gasteiger partial charge is 0.481 e. The molecular weight excluding hydrogens is 441 g/mol. The van der Waals surface area contributed by atoms with Crippen LogP contribution in [0.3, 0.4) is 0 Å². The summed E-state index contributed by atoms with van der Waals surface area (Å²) in [5, 5.41) is 8.64. The van der Waals surface area contributed by atoms with Crippen LogP contribution in [0.25, 0.3) is 0 Å². The highest BCUT2D eigenvalue weighted by Gasteiger charge is 2.37. The second kappa shape index (κ2) is 15.2. The summed E-state index contributed by atoms with van der Waals surface area (Å²) in [5.41, 5.74) is 0. The fourth-order valence-electron chi connectivity index (χ4n) is 1.84. The van der Waals surface area contributed by atoms with E-state index < -0.39 is 13.6 Å². The first-order valence-electron chi connectivity index (χ1n) is 7.25. The molecule has 0 radical (unpaired) electrons. The summed E-state index contributed by atoms with van der Waals surface area (Å²) in [4.78, 5) is 10.5. The predicted octanol–water partition coefficient (Wildman–Crippen LogP) is 3.49. The molecule has 0 bridgehead atoms. The van der Waals surface area contributed by atoms with Crippen LogP contribution in [-0.4, -0.2) is 88.2 Å². The highest BCUT2D eigenvalue weighted by Crippen LogP contribution is 2.54. The molecule has 0 unspecified atom stereocenters. The summed E-state index contributed by atoms with van der Waals surface area (Å²) in [6.45, 7) is 1.50. The minimum absolute atomic E-state index is 0.0339. The Kier molecular flexibility index (Phi) is 15.9. The fraction of sp³-hybridized carbons (Fsp3) is 0.917. The third-order valence-corrected chi connectivity index (χ3v) is 7.13. The van der Waals surface area contributed by atoms with E-state index in [-0.39, 0.29) is 35.9 Å². The van der Waals surface area contributed by atoms with Crippen molar-refractivity contribution in [3.05, 3.63) is 0 Å². The van der Waals surface area contributed by atoms with Gasteiger partial charge in [0.05, 0.1) is 12.4 Å². The van der Waals surface area contributed by atoms with Crippen LogP contribution in [0.4, 0.5) is 0 Å². The molecule has 0 aliphatic rings. The van der Waals surface area contributed by atoms with Crippen molar-refractivity contribution in [3.63, 3.8) is 0 Å². The van der Waals surface area contributed by atoms with Crippen molar-refractivity contribution in [1.29, 1.82) is 0 Å². The number of aliphatic carboxylic acids is 1. The molecule has 0 aliphatic heterocycles. The lowest BCUT2D eigenvalue weighted by atomic mass is 10.6. The average Bonchev–Trinajstić information content (AvgIpc) is 2.53. The van der Waals surface area contributed by atoms with E-state index in [0.29, 0.717) is 31.9 Å². The van der Waals surface area contributed by atoms with E-state index >= 15 is 0 Å². The first kappa shape index (κ1) is 25.1. The highest BCUT2D eigenvalue weighted by molar-refractivity contribution is 7.99. The smallest absolute Gasteiger partial charge is 0.346 e. The maximum Gasteiger partial charge on any atom is 0.346 e. The monoisotopic (exact) mass is 462 g/mol. The van der Waals surface area contributed by atoms with Gasteiger partial charge in [-0.05, 0) is 0 Å². The Morgan fingerprint density at radius 2 is 1.38 bits per heavy atom. The van der Waals surface area contributed by atoms with Crippen LogP contribution in [0.1, 0.15) is 0 Å². The fourth-order valence-corrected chi connectivity index (χ4v) is 6.19. The predicted molar refractivity (Wildman–Crippen MR) is 105 cm³/mol. The molecule has 0 aromatic carbocycles. The summed E-state index contributed by atoms with van der Waals surface area (Å²) in [5.74, 6) is 0.553. The standard InChI is InChI=1S/C12H23Cl4N2O4PS/c13-1-5-17(6-2-14)23(21,18(7-3-15)8-4-16)22-9-10-24-11-12(19)20/h1-11H2,(H,19,20). The van der Waals surface area contributed by atoms with Gasteiger partial charge in [0.25, 0.3) is 0 Å². The molecule has 6 nitrogen and oxygen atoms in total. The van der Waals surface area contributed by atoms with Crippen molar-refractivity contribution in [2.75, 3.05) is 67.8 Å². The molecule has 0 heterocycles. The van der Waals surface area contributed by atoms with Crippen molar-refractivity contribution < 1.29 is 19.0 Å². The van der Waals surface area contributed by atoms with Gasteiger partial charge in [-0.3, -0.25) is 9.36 Å². The van der Waals surface area contributed by atoms with E-state index in [1.165, 1.54) is 11.8 Å². The zero-order chi connectivity index (χ0) is 18.4. The van der Waals surface area contributed by atoms with Gasteiger partial charge < -0.3 is 9.63 Å². The van der Waals surface area contributed by atoms with Gasteiger partial charge in [-0.15, -0.1) is 58.2 Å². The minimum atomic E-state index is -3.40. The molecule has 0 saturated carbocycles. The molecule has 0 amide bonds. The molecule has 24 heavy (non-hydrogen) atoms. The van der Waals surface area contributed by atoms with Crippen molar-refractivity contribution in [1.82, 2.24) is 9.34 Å². The van der Waals surface area contributed by atoms with Crippen LogP contribution in [0.15, 0.2) is 0 Å². The summed E-state index contributed by atoms with van der Waals surface area (Å²) < 4.78 is 22.5. The van der Waals surface area contributed by atoms with Gasteiger partial charge in [-0.1, -0.05) is 0 Å². The molecule has 0 aromatic rings. The van der Waals surface area contributed by atoms with Crippen molar-refractivity contribution >= 4 is 71.8 Å². The molecule has 0 saturated heterocycles. The number of carboxylic acid groups (broad SMARTS) is 1. The van der Waals surface area contributed by atoms with Gasteiger partial charge in [-0.2, -0.15) is 0 Å². The molecular formula is C12H23Cl4N2O4PS. The number of carbonyl (C=O) groups is 1. The molecule has 144 valence electrons. The Morgan fingerprint density at radius 3 is 1.71 bits per heavy atom. The Morgan fingerprint density at radius 1 is 0.958 bits per heavy atom. The van der Waals surface area contributed by atoms with Crippen LogP contribution < -0.4 is 0 Å². The lowest BCUT2D eigenvalue weighted by molar-refractivity contribution is -0.133. The van der Waals surface area contributed by atoms with E-state index in [1.54, 1.807) is 9.34 Å². The molecule has 0 aliphatic carbocycles. The number of nitrogens with zero attached hydrogens (tertiary/aromatic N) is 2. The van der Waals surface area contributed by atoms with Crippen LogP contribution in [-0.2, 0) is 13.9 Å².